The number of hydrogen-bond acceptors (Lipinski definition) is 2. The van der Waals surface area contributed by atoms with Gasteiger partial charge in [0, 0.05) is 6.42 Å². The van der Waals surface area contributed by atoms with Crippen LogP contribution in [-0.4, -0.2) is 7.11 Å². The van der Waals surface area contributed by atoms with Crippen molar-refractivity contribution in [3.63, 3.8) is 0 Å². The molecule has 1 rings (SSSR count). The molecule has 92 valence electrons. The minimum Gasteiger partial charge on any atom is -0.496 e. The van der Waals surface area contributed by atoms with Gasteiger partial charge < -0.3 is 4.74 Å². The third-order valence-corrected chi connectivity index (χ3v) is 3.32. The topological polar surface area (TPSA) is 33.0 Å². The van der Waals surface area contributed by atoms with E-state index in [1.807, 2.05) is 0 Å². The highest BCUT2D eigenvalue weighted by atomic mass is 16.5. The van der Waals surface area contributed by atoms with Gasteiger partial charge in [-0.05, 0) is 62.3 Å². The van der Waals surface area contributed by atoms with E-state index >= 15 is 0 Å². The van der Waals surface area contributed by atoms with Gasteiger partial charge in [-0.25, -0.2) is 0 Å². The van der Waals surface area contributed by atoms with E-state index in [1.54, 1.807) is 7.11 Å². The maximum absolute atomic E-state index is 8.51. The van der Waals surface area contributed by atoms with Gasteiger partial charge >= 0.3 is 0 Å². The van der Waals surface area contributed by atoms with Gasteiger partial charge in [-0.1, -0.05) is 6.07 Å². The van der Waals surface area contributed by atoms with E-state index in [0.29, 0.717) is 6.42 Å². The molecule has 0 amide bonds. The van der Waals surface area contributed by atoms with Crippen molar-refractivity contribution in [2.75, 3.05) is 7.11 Å². The van der Waals surface area contributed by atoms with Gasteiger partial charge in [0.15, 0.2) is 0 Å². The molecule has 0 atom stereocenters. The predicted molar refractivity (Wildman–Crippen MR) is 70.4 cm³/mol. The maximum atomic E-state index is 8.51. The second kappa shape index (κ2) is 6.30. The molecule has 1 aromatic carbocycles. The fourth-order valence-corrected chi connectivity index (χ4v) is 2.24. The largest absolute Gasteiger partial charge is 0.496 e. The van der Waals surface area contributed by atoms with Gasteiger partial charge in [-0.15, -0.1) is 0 Å². The standard InChI is InChI=1S/C15H21NO/c1-11-10-14(8-6-5-7-9-16)12(2)13(3)15(11)17-4/h10H,5-8H2,1-4H3. The van der Waals surface area contributed by atoms with E-state index in [4.69, 9.17) is 10.00 Å². The lowest BCUT2D eigenvalue weighted by molar-refractivity contribution is 0.408. The van der Waals surface area contributed by atoms with Gasteiger partial charge in [-0.3, -0.25) is 0 Å². The highest BCUT2D eigenvalue weighted by Crippen LogP contribution is 2.29. The van der Waals surface area contributed by atoms with E-state index in [1.165, 1.54) is 22.3 Å². The Morgan fingerprint density at radius 3 is 2.47 bits per heavy atom. The summed E-state index contributed by atoms with van der Waals surface area (Å²) < 4.78 is 5.41. The Balaban J connectivity index is 2.84. The lowest BCUT2D eigenvalue weighted by Crippen LogP contribution is -1.99. The molecule has 2 nitrogen and oxygen atoms in total. The second-order valence-electron chi connectivity index (χ2n) is 4.50. The highest BCUT2D eigenvalue weighted by Gasteiger charge is 2.10. The third kappa shape index (κ3) is 3.23. The minimum atomic E-state index is 0.660. The molecule has 0 saturated heterocycles. The average Bonchev–Trinajstić information content (AvgIpc) is 2.31. The molecule has 0 unspecified atom stereocenters. The smallest absolute Gasteiger partial charge is 0.124 e. The van der Waals surface area contributed by atoms with E-state index < -0.39 is 0 Å². The lowest BCUT2D eigenvalue weighted by Gasteiger charge is -2.15. The lowest BCUT2D eigenvalue weighted by atomic mass is 9.95. The summed E-state index contributed by atoms with van der Waals surface area (Å²) in [6.07, 6.45) is 3.78. The molecule has 0 spiro atoms. The first-order chi connectivity index (χ1) is 8.11. The number of benzene rings is 1. The molecular formula is C15H21NO. The van der Waals surface area contributed by atoms with Crippen LogP contribution in [0.5, 0.6) is 5.75 Å². The molecule has 0 aromatic heterocycles. The first kappa shape index (κ1) is 13.6. The Morgan fingerprint density at radius 2 is 1.88 bits per heavy atom. The molecule has 0 aliphatic heterocycles. The molecule has 0 N–H and O–H groups in total. The molecule has 17 heavy (non-hydrogen) atoms. The summed E-state index contributed by atoms with van der Waals surface area (Å²) in [6.45, 7) is 6.35. The van der Waals surface area contributed by atoms with Gasteiger partial charge in [0.25, 0.3) is 0 Å². The molecule has 0 radical (unpaired) electrons. The highest BCUT2D eigenvalue weighted by molar-refractivity contribution is 5.48. The molecule has 2 heteroatoms. The van der Waals surface area contributed by atoms with Crippen molar-refractivity contribution in [1.29, 1.82) is 5.26 Å². The summed E-state index contributed by atoms with van der Waals surface area (Å²) in [6, 6.07) is 4.41. The monoisotopic (exact) mass is 231 g/mol. The normalized spacial score (nSPS) is 10.1. The number of unbranched alkanes of at least 4 members (excludes halogenated alkanes) is 2. The van der Waals surface area contributed by atoms with Crippen LogP contribution in [-0.2, 0) is 6.42 Å². The van der Waals surface area contributed by atoms with E-state index in [-0.39, 0.29) is 0 Å². The van der Waals surface area contributed by atoms with Crippen LogP contribution < -0.4 is 4.74 Å². The fourth-order valence-electron chi connectivity index (χ4n) is 2.24. The summed E-state index contributed by atoms with van der Waals surface area (Å²) in [5.74, 6) is 1.00. The number of nitrogens with zero attached hydrogens (tertiary/aromatic N) is 1. The van der Waals surface area contributed by atoms with Gasteiger partial charge in [-0.2, -0.15) is 5.26 Å². The third-order valence-electron chi connectivity index (χ3n) is 3.32. The van der Waals surface area contributed by atoms with Crippen LogP contribution in [0.1, 0.15) is 41.5 Å². The summed E-state index contributed by atoms with van der Waals surface area (Å²) in [5.41, 5.74) is 5.15. The van der Waals surface area contributed by atoms with Crippen LogP contribution in [0, 0.1) is 32.1 Å². The SMILES string of the molecule is COc1c(C)cc(CCCCC#N)c(C)c1C. The Labute approximate surface area is 104 Å². The summed E-state index contributed by atoms with van der Waals surface area (Å²) in [5, 5.41) is 8.51. The van der Waals surface area contributed by atoms with E-state index in [0.717, 1.165) is 25.0 Å². The van der Waals surface area contributed by atoms with E-state index in [9.17, 15) is 0 Å². The predicted octanol–water partition coefficient (Wildman–Crippen LogP) is 3.86. The Kier molecular flexibility index (Phi) is 5.03. The van der Waals surface area contributed by atoms with Crippen molar-refractivity contribution >= 4 is 0 Å². The molecule has 1 aromatic rings. The van der Waals surface area contributed by atoms with Crippen LogP contribution in [0.25, 0.3) is 0 Å². The first-order valence-corrected chi connectivity index (χ1v) is 6.12. The van der Waals surface area contributed by atoms with Crippen molar-refractivity contribution in [2.24, 2.45) is 0 Å². The molecule has 0 fully saturated rings. The summed E-state index contributed by atoms with van der Waals surface area (Å²) in [4.78, 5) is 0. The van der Waals surface area contributed by atoms with Gasteiger partial charge in [0.2, 0.25) is 0 Å². The van der Waals surface area contributed by atoms with Crippen LogP contribution >= 0.6 is 0 Å². The van der Waals surface area contributed by atoms with Crippen LogP contribution in [0.4, 0.5) is 0 Å². The number of rotatable bonds is 5. The zero-order valence-electron chi connectivity index (χ0n) is 11.3. The molecule has 0 aliphatic rings. The molecule has 0 aliphatic carbocycles. The molecule has 0 heterocycles. The van der Waals surface area contributed by atoms with Gasteiger partial charge in [0.05, 0.1) is 13.2 Å². The number of methoxy groups -OCH3 is 1. The summed E-state index contributed by atoms with van der Waals surface area (Å²) >= 11 is 0. The van der Waals surface area contributed by atoms with Gasteiger partial charge in [0.1, 0.15) is 5.75 Å². The quantitative estimate of drug-likeness (QED) is 0.721. The number of aryl methyl sites for hydroxylation is 2. The van der Waals surface area contributed by atoms with Crippen LogP contribution in [0.2, 0.25) is 0 Å². The zero-order valence-corrected chi connectivity index (χ0v) is 11.3. The first-order valence-electron chi connectivity index (χ1n) is 6.12. The van der Waals surface area contributed by atoms with Crippen molar-refractivity contribution in [1.82, 2.24) is 0 Å². The fraction of sp³-hybridized carbons (Fsp3) is 0.533. The maximum Gasteiger partial charge on any atom is 0.124 e. The zero-order chi connectivity index (χ0) is 12.8. The number of nitriles is 1. The second-order valence-corrected chi connectivity index (χ2v) is 4.50. The van der Waals surface area contributed by atoms with Crippen molar-refractivity contribution in [2.45, 2.75) is 46.5 Å². The molecule has 0 bridgehead atoms. The average molecular weight is 231 g/mol. The molecular weight excluding hydrogens is 210 g/mol. The molecule has 0 saturated carbocycles. The van der Waals surface area contributed by atoms with Crippen LogP contribution in [0.15, 0.2) is 6.07 Å². The Morgan fingerprint density at radius 1 is 1.18 bits per heavy atom. The Hall–Kier alpha value is -1.49. The number of ether oxygens (including phenoxy) is 1. The van der Waals surface area contributed by atoms with Crippen LogP contribution in [0.3, 0.4) is 0 Å². The number of hydrogen-bond donors (Lipinski definition) is 0. The van der Waals surface area contributed by atoms with Crippen molar-refractivity contribution < 1.29 is 4.74 Å². The van der Waals surface area contributed by atoms with Crippen molar-refractivity contribution in [3.8, 4) is 11.8 Å². The summed E-state index contributed by atoms with van der Waals surface area (Å²) in [7, 11) is 1.72. The van der Waals surface area contributed by atoms with Crippen molar-refractivity contribution in [3.05, 3.63) is 28.3 Å². The minimum absolute atomic E-state index is 0.660. The Bertz CT molecular complexity index is 430. The van der Waals surface area contributed by atoms with E-state index in [2.05, 4.69) is 32.9 Å².